The molecule has 4 nitrogen and oxygen atoms in total. The van der Waals surface area contributed by atoms with Crippen LogP contribution in [0.25, 0.3) is 0 Å². The van der Waals surface area contributed by atoms with Crippen LogP contribution in [0.3, 0.4) is 0 Å². The highest BCUT2D eigenvalue weighted by atomic mass is 19.1. The number of carbonyl (C=O) groups is 2. The monoisotopic (exact) mass is 314 g/mol. The van der Waals surface area contributed by atoms with Crippen LogP contribution < -0.4 is 5.32 Å². The first-order valence-corrected chi connectivity index (χ1v) is 7.29. The second-order valence-corrected chi connectivity index (χ2v) is 5.42. The molecule has 0 aliphatic heterocycles. The molecule has 0 aromatic heterocycles. The fourth-order valence-corrected chi connectivity index (χ4v) is 2.05. The first-order chi connectivity index (χ1) is 11.0. The number of aryl methyl sites for hydroxylation is 1. The molecule has 0 aliphatic carbocycles. The lowest BCUT2D eigenvalue weighted by Gasteiger charge is -2.17. The largest absolute Gasteiger partial charge is 0.343 e. The Labute approximate surface area is 134 Å². The number of hydrogen-bond donors (Lipinski definition) is 1. The fourth-order valence-electron chi connectivity index (χ4n) is 2.05. The third kappa shape index (κ3) is 4.92. The molecule has 0 radical (unpaired) electrons. The van der Waals surface area contributed by atoms with E-state index in [0.717, 1.165) is 11.1 Å². The van der Waals surface area contributed by atoms with E-state index in [0.29, 0.717) is 12.1 Å². The van der Waals surface area contributed by atoms with Gasteiger partial charge in [-0.2, -0.15) is 0 Å². The average Bonchev–Trinajstić information content (AvgIpc) is 2.55. The summed E-state index contributed by atoms with van der Waals surface area (Å²) in [5.41, 5.74) is 2.51. The topological polar surface area (TPSA) is 49.4 Å². The Hall–Kier alpha value is -2.69. The minimum atomic E-state index is -0.407. The van der Waals surface area contributed by atoms with Crippen LogP contribution in [0.1, 0.15) is 21.5 Å². The van der Waals surface area contributed by atoms with Gasteiger partial charge in [-0.05, 0) is 36.8 Å². The minimum Gasteiger partial charge on any atom is -0.343 e. The highest BCUT2D eigenvalue weighted by Gasteiger charge is 2.12. The Morgan fingerprint density at radius 1 is 1.04 bits per heavy atom. The normalized spacial score (nSPS) is 10.2. The molecule has 5 heteroatoms. The van der Waals surface area contributed by atoms with Crippen LogP contribution >= 0.6 is 0 Å². The van der Waals surface area contributed by atoms with Gasteiger partial charge in [-0.15, -0.1) is 0 Å². The molecule has 2 aromatic rings. The number of carbonyl (C=O) groups excluding carboxylic acids is 2. The van der Waals surface area contributed by atoms with Crippen molar-refractivity contribution in [1.29, 1.82) is 0 Å². The van der Waals surface area contributed by atoms with Crippen LogP contribution in [-0.4, -0.2) is 30.3 Å². The van der Waals surface area contributed by atoms with Crippen LogP contribution in [-0.2, 0) is 11.3 Å². The van der Waals surface area contributed by atoms with Gasteiger partial charge in [0.1, 0.15) is 5.82 Å². The Morgan fingerprint density at radius 3 is 2.26 bits per heavy atom. The van der Waals surface area contributed by atoms with E-state index in [2.05, 4.69) is 5.32 Å². The van der Waals surface area contributed by atoms with E-state index in [-0.39, 0.29) is 12.5 Å². The molecule has 2 aromatic carbocycles. The summed E-state index contributed by atoms with van der Waals surface area (Å²) >= 11 is 0. The van der Waals surface area contributed by atoms with Crippen LogP contribution in [0.5, 0.6) is 0 Å². The highest BCUT2D eigenvalue weighted by molar-refractivity contribution is 5.96. The molecule has 0 spiro atoms. The van der Waals surface area contributed by atoms with E-state index in [4.69, 9.17) is 0 Å². The lowest BCUT2D eigenvalue weighted by atomic mass is 10.1. The quantitative estimate of drug-likeness (QED) is 0.922. The SMILES string of the molecule is Cc1ccc(CN(C)C(=O)CNC(=O)c2ccc(F)cc2)cc1. The molecule has 0 heterocycles. The van der Waals surface area contributed by atoms with Gasteiger partial charge >= 0.3 is 0 Å². The van der Waals surface area contributed by atoms with Crippen LogP contribution in [0.4, 0.5) is 4.39 Å². The zero-order chi connectivity index (χ0) is 16.8. The second-order valence-electron chi connectivity index (χ2n) is 5.42. The van der Waals surface area contributed by atoms with Gasteiger partial charge in [0.2, 0.25) is 5.91 Å². The average molecular weight is 314 g/mol. The van der Waals surface area contributed by atoms with E-state index >= 15 is 0 Å². The first kappa shape index (κ1) is 16.7. The molecular weight excluding hydrogens is 295 g/mol. The van der Waals surface area contributed by atoms with Gasteiger partial charge in [0, 0.05) is 19.2 Å². The van der Waals surface area contributed by atoms with Gasteiger partial charge < -0.3 is 10.2 Å². The van der Waals surface area contributed by atoms with E-state index in [9.17, 15) is 14.0 Å². The van der Waals surface area contributed by atoms with E-state index < -0.39 is 11.7 Å². The van der Waals surface area contributed by atoms with Crippen molar-refractivity contribution in [3.8, 4) is 0 Å². The molecular formula is C18H19FN2O2. The third-order valence-electron chi connectivity index (χ3n) is 3.47. The van der Waals surface area contributed by atoms with Gasteiger partial charge in [-0.3, -0.25) is 9.59 Å². The predicted molar refractivity (Wildman–Crippen MR) is 86.4 cm³/mol. The Morgan fingerprint density at radius 2 is 1.65 bits per heavy atom. The van der Waals surface area contributed by atoms with Gasteiger partial charge in [0.05, 0.1) is 6.54 Å². The summed E-state index contributed by atoms with van der Waals surface area (Å²) in [6.45, 7) is 2.38. The molecule has 1 N–H and O–H groups in total. The second kappa shape index (κ2) is 7.54. The lowest BCUT2D eigenvalue weighted by molar-refractivity contribution is -0.129. The van der Waals surface area contributed by atoms with Crippen molar-refractivity contribution in [2.75, 3.05) is 13.6 Å². The molecule has 0 aliphatic rings. The lowest BCUT2D eigenvalue weighted by Crippen LogP contribution is -2.37. The van der Waals surface area contributed by atoms with Crippen LogP contribution in [0.2, 0.25) is 0 Å². The maximum atomic E-state index is 12.8. The highest BCUT2D eigenvalue weighted by Crippen LogP contribution is 2.06. The van der Waals surface area contributed by atoms with E-state index in [1.807, 2.05) is 31.2 Å². The molecule has 0 unspecified atom stereocenters. The number of rotatable bonds is 5. The van der Waals surface area contributed by atoms with E-state index in [1.54, 1.807) is 11.9 Å². The Balaban J connectivity index is 1.84. The number of amides is 2. The maximum Gasteiger partial charge on any atom is 0.251 e. The summed E-state index contributed by atoms with van der Waals surface area (Å²) in [6.07, 6.45) is 0. The number of benzene rings is 2. The summed E-state index contributed by atoms with van der Waals surface area (Å²) < 4.78 is 12.8. The standard InChI is InChI=1S/C18H19FN2O2/c1-13-3-5-14(6-4-13)12-21(2)17(22)11-20-18(23)15-7-9-16(19)10-8-15/h3-10H,11-12H2,1-2H3,(H,20,23). The molecule has 0 bridgehead atoms. The summed E-state index contributed by atoms with van der Waals surface area (Å²) in [6, 6.07) is 13.1. The number of halogens is 1. The van der Waals surface area contributed by atoms with Crippen LogP contribution in [0.15, 0.2) is 48.5 Å². The van der Waals surface area contributed by atoms with Crippen molar-refractivity contribution in [3.05, 3.63) is 71.0 Å². The third-order valence-corrected chi connectivity index (χ3v) is 3.47. The van der Waals surface area contributed by atoms with Crippen molar-refractivity contribution in [2.24, 2.45) is 0 Å². The van der Waals surface area contributed by atoms with Gasteiger partial charge in [-0.25, -0.2) is 4.39 Å². The molecule has 2 rings (SSSR count). The number of hydrogen-bond acceptors (Lipinski definition) is 2. The smallest absolute Gasteiger partial charge is 0.251 e. The van der Waals surface area contributed by atoms with Gasteiger partial charge in [0.15, 0.2) is 0 Å². The number of nitrogens with zero attached hydrogens (tertiary/aromatic N) is 1. The van der Waals surface area contributed by atoms with E-state index in [1.165, 1.54) is 24.3 Å². The summed E-state index contributed by atoms with van der Waals surface area (Å²) in [5.74, 6) is -1.00. The molecule has 2 amide bonds. The summed E-state index contributed by atoms with van der Waals surface area (Å²) in [5, 5.41) is 2.54. The Kier molecular flexibility index (Phi) is 5.46. The molecule has 120 valence electrons. The zero-order valence-electron chi connectivity index (χ0n) is 13.2. The Bertz CT molecular complexity index is 681. The fraction of sp³-hybridized carbons (Fsp3) is 0.222. The van der Waals surface area contributed by atoms with Crippen molar-refractivity contribution < 1.29 is 14.0 Å². The summed E-state index contributed by atoms with van der Waals surface area (Å²) in [4.78, 5) is 25.5. The van der Waals surface area contributed by atoms with Crippen molar-refractivity contribution in [2.45, 2.75) is 13.5 Å². The number of likely N-dealkylation sites (N-methyl/N-ethyl adjacent to an activating group) is 1. The molecule has 0 saturated carbocycles. The summed E-state index contributed by atoms with van der Waals surface area (Å²) in [7, 11) is 1.69. The van der Waals surface area contributed by atoms with Gasteiger partial charge in [0.25, 0.3) is 5.91 Å². The van der Waals surface area contributed by atoms with Gasteiger partial charge in [-0.1, -0.05) is 29.8 Å². The predicted octanol–water partition coefficient (Wildman–Crippen LogP) is 2.52. The first-order valence-electron chi connectivity index (χ1n) is 7.29. The van der Waals surface area contributed by atoms with Crippen molar-refractivity contribution >= 4 is 11.8 Å². The zero-order valence-corrected chi connectivity index (χ0v) is 13.2. The molecule has 0 saturated heterocycles. The molecule has 0 atom stereocenters. The minimum absolute atomic E-state index is 0.0986. The van der Waals surface area contributed by atoms with Crippen molar-refractivity contribution in [3.63, 3.8) is 0 Å². The van der Waals surface area contributed by atoms with Crippen molar-refractivity contribution in [1.82, 2.24) is 10.2 Å². The number of nitrogens with one attached hydrogen (secondary N) is 1. The molecule has 0 fully saturated rings. The molecule has 23 heavy (non-hydrogen) atoms. The van der Waals surface area contributed by atoms with Crippen LogP contribution in [0, 0.1) is 12.7 Å². The maximum absolute atomic E-state index is 12.8.